The van der Waals surface area contributed by atoms with E-state index in [1.54, 1.807) is 7.05 Å². The molecule has 6 nitrogen and oxygen atoms in total. The summed E-state index contributed by atoms with van der Waals surface area (Å²) < 4.78 is 0. The second-order valence-electron chi connectivity index (χ2n) is 5.16. The molecule has 0 aromatic rings. The summed E-state index contributed by atoms with van der Waals surface area (Å²) in [6.07, 6.45) is 4.95. The molecule has 0 bridgehead atoms. The van der Waals surface area contributed by atoms with Crippen LogP contribution in [-0.4, -0.2) is 47.4 Å². The monoisotopic (exact) mass is 285 g/mol. The van der Waals surface area contributed by atoms with Crippen LogP contribution in [-0.2, 0) is 4.79 Å². The lowest BCUT2D eigenvalue weighted by Gasteiger charge is -2.26. The highest BCUT2D eigenvalue weighted by atomic mass is 16.3. The second-order valence-corrected chi connectivity index (χ2v) is 5.16. The van der Waals surface area contributed by atoms with Crippen molar-refractivity contribution in [1.82, 2.24) is 10.2 Å². The van der Waals surface area contributed by atoms with Crippen LogP contribution in [0.15, 0.2) is 11.4 Å². The fraction of sp³-hybridized carbons (Fsp3) is 0.786. The highest BCUT2D eigenvalue weighted by Crippen LogP contribution is 2.18. The normalized spacial score (nSPS) is 20.2. The Morgan fingerprint density at radius 1 is 1.30 bits per heavy atom. The Bertz CT molecular complexity index is 345. The van der Waals surface area contributed by atoms with Crippen molar-refractivity contribution in [3.63, 3.8) is 0 Å². The maximum absolute atomic E-state index is 12.3. The Kier molecular flexibility index (Phi) is 7.40. The summed E-state index contributed by atoms with van der Waals surface area (Å²) in [6.45, 7) is 0.774. The van der Waals surface area contributed by atoms with E-state index in [1.165, 1.54) is 4.90 Å². The molecule has 1 atom stereocenters. The SMILES string of the molecule is CNC1=C(N)CCC(O)N(CCCCCCCO)C1=O. The van der Waals surface area contributed by atoms with Gasteiger partial charge in [0.2, 0.25) is 0 Å². The first-order valence-electron chi connectivity index (χ1n) is 7.38. The average molecular weight is 285 g/mol. The number of allylic oxidation sites excluding steroid dienone is 1. The summed E-state index contributed by atoms with van der Waals surface area (Å²) in [6, 6.07) is 0. The molecule has 0 radical (unpaired) electrons. The molecule has 20 heavy (non-hydrogen) atoms. The molecule has 1 rings (SSSR count). The molecule has 1 unspecified atom stereocenters. The van der Waals surface area contributed by atoms with Crippen molar-refractivity contribution < 1.29 is 15.0 Å². The van der Waals surface area contributed by atoms with Gasteiger partial charge in [0, 0.05) is 25.9 Å². The van der Waals surface area contributed by atoms with Gasteiger partial charge >= 0.3 is 0 Å². The van der Waals surface area contributed by atoms with Crippen molar-refractivity contribution >= 4 is 5.91 Å². The summed E-state index contributed by atoms with van der Waals surface area (Å²) in [5.41, 5.74) is 6.77. The fourth-order valence-electron chi connectivity index (χ4n) is 2.42. The topological polar surface area (TPSA) is 98.8 Å². The molecule has 1 aliphatic heterocycles. The number of nitrogens with one attached hydrogen (secondary N) is 1. The van der Waals surface area contributed by atoms with Crippen LogP contribution in [0.4, 0.5) is 0 Å². The van der Waals surface area contributed by atoms with Crippen LogP contribution in [0.5, 0.6) is 0 Å². The van der Waals surface area contributed by atoms with Crippen molar-refractivity contribution in [3.05, 3.63) is 11.4 Å². The Hall–Kier alpha value is -1.27. The second kappa shape index (κ2) is 8.81. The molecule has 1 amide bonds. The molecular weight excluding hydrogens is 258 g/mol. The van der Waals surface area contributed by atoms with Crippen LogP contribution >= 0.6 is 0 Å². The predicted molar refractivity (Wildman–Crippen MR) is 77.4 cm³/mol. The van der Waals surface area contributed by atoms with E-state index >= 15 is 0 Å². The number of aliphatic hydroxyl groups excluding tert-OH is 2. The fourth-order valence-corrected chi connectivity index (χ4v) is 2.42. The molecule has 6 heteroatoms. The predicted octanol–water partition coefficient (Wildman–Crippen LogP) is 0.260. The lowest BCUT2D eigenvalue weighted by Crippen LogP contribution is -2.42. The molecule has 1 heterocycles. The molecule has 0 spiro atoms. The number of hydrogen-bond acceptors (Lipinski definition) is 5. The maximum atomic E-state index is 12.3. The summed E-state index contributed by atoms with van der Waals surface area (Å²) in [4.78, 5) is 13.8. The minimum Gasteiger partial charge on any atom is -0.400 e. The third kappa shape index (κ3) is 4.68. The zero-order valence-electron chi connectivity index (χ0n) is 12.3. The number of carbonyl (C=O) groups is 1. The molecule has 0 aromatic carbocycles. The van der Waals surface area contributed by atoms with Gasteiger partial charge in [0.25, 0.3) is 5.91 Å². The van der Waals surface area contributed by atoms with Crippen LogP contribution in [0.3, 0.4) is 0 Å². The first kappa shape index (κ1) is 16.8. The van der Waals surface area contributed by atoms with Gasteiger partial charge in [-0.1, -0.05) is 19.3 Å². The van der Waals surface area contributed by atoms with E-state index in [0.717, 1.165) is 32.1 Å². The molecule has 0 fully saturated rings. The van der Waals surface area contributed by atoms with E-state index in [4.69, 9.17) is 10.8 Å². The van der Waals surface area contributed by atoms with Gasteiger partial charge in [0.15, 0.2) is 0 Å². The van der Waals surface area contributed by atoms with E-state index in [-0.39, 0.29) is 12.5 Å². The molecular formula is C14H27N3O3. The van der Waals surface area contributed by atoms with Crippen LogP contribution in [0.2, 0.25) is 0 Å². The first-order chi connectivity index (χ1) is 9.61. The largest absolute Gasteiger partial charge is 0.400 e. The lowest BCUT2D eigenvalue weighted by molar-refractivity contribution is -0.137. The van der Waals surface area contributed by atoms with E-state index < -0.39 is 6.23 Å². The first-order valence-corrected chi connectivity index (χ1v) is 7.38. The van der Waals surface area contributed by atoms with Gasteiger partial charge in [-0.05, 0) is 25.7 Å². The van der Waals surface area contributed by atoms with Crippen molar-refractivity contribution in [2.24, 2.45) is 5.73 Å². The van der Waals surface area contributed by atoms with E-state index in [0.29, 0.717) is 30.8 Å². The van der Waals surface area contributed by atoms with Crippen LogP contribution in [0.25, 0.3) is 0 Å². The van der Waals surface area contributed by atoms with Gasteiger partial charge in [0.05, 0.1) is 0 Å². The van der Waals surface area contributed by atoms with Crippen molar-refractivity contribution in [3.8, 4) is 0 Å². The number of carbonyl (C=O) groups excluding carboxylic acids is 1. The van der Waals surface area contributed by atoms with Crippen LogP contribution in [0.1, 0.15) is 44.9 Å². The minimum absolute atomic E-state index is 0.217. The highest BCUT2D eigenvalue weighted by molar-refractivity contribution is 5.93. The number of likely N-dealkylation sites (N-methyl/N-ethyl adjacent to an activating group) is 1. The molecule has 116 valence electrons. The molecule has 0 saturated carbocycles. The highest BCUT2D eigenvalue weighted by Gasteiger charge is 2.28. The van der Waals surface area contributed by atoms with Crippen molar-refractivity contribution in [1.29, 1.82) is 0 Å². The van der Waals surface area contributed by atoms with Crippen LogP contribution in [0, 0.1) is 0 Å². The van der Waals surface area contributed by atoms with Crippen LogP contribution < -0.4 is 11.1 Å². The van der Waals surface area contributed by atoms with Gasteiger partial charge in [-0.2, -0.15) is 0 Å². The number of rotatable bonds is 8. The van der Waals surface area contributed by atoms with E-state index in [9.17, 15) is 9.90 Å². The molecule has 0 saturated heterocycles. The molecule has 5 N–H and O–H groups in total. The smallest absolute Gasteiger partial charge is 0.273 e. The summed E-state index contributed by atoms with van der Waals surface area (Å²) in [5.74, 6) is -0.217. The van der Waals surface area contributed by atoms with Gasteiger partial charge in [0.1, 0.15) is 11.9 Å². The number of amides is 1. The van der Waals surface area contributed by atoms with Gasteiger partial charge in [-0.25, -0.2) is 0 Å². The van der Waals surface area contributed by atoms with Gasteiger partial charge in [-0.15, -0.1) is 0 Å². The number of nitrogens with two attached hydrogens (primary N) is 1. The lowest BCUT2D eigenvalue weighted by atomic mass is 10.1. The zero-order chi connectivity index (χ0) is 15.0. The third-order valence-electron chi connectivity index (χ3n) is 3.63. The third-order valence-corrected chi connectivity index (χ3v) is 3.63. The average Bonchev–Trinajstić information content (AvgIpc) is 2.53. The Labute approximate surface area is 120 Å². The summed E-state index contributed by atoms with van der Waals surface area (Å²) in [5, 5.41) is 21.6. The summed E-state index contributed by atoms with van der Waals surface area (Å²) >= 11 is 0. The number of unbranched alkanes of at least 4 members (excludes halogenated alkanes) is 4. The number of hydrogen-bond donors (Lipinski definition) is 4. The molecule has 1 aliphatic rings. The zero-order valence-corrected chi connectivity index (χ0v) is 12.3. The molecule has 0 aromatic heterocycles. The van der Waals surface area contributed by atoms with E-state index in [2.05, 4.69) is 5.32 Å². The van der Waals surface area contributed by atoms with Gasteiger partial charge < -0.3 is 26.2 Å². The summed E-state index contributed by atoms with van der Waals surface area (Å²) in [7, 11) is 1.67. The standard InChI is InChI=1S/C14H27N3O3/c1-16-13-11(15)7-8-12(19)17(14(13)20)9-5-3-2-4-6-10-18/h12,16,18-19H,2-10,15H2,1H3. The maximum Gasteiger partial charge on any atom is 0.273 e. The minimum atomic E-state index is -0.760. The number of nitrogens with zero attached hydrogens (tertiary/aromatic N) is 1. The van der Waals surface area contributed by atoms with Crippen molar-refractivity contribution in [2.75, 3.05) is 20.2 Å². The van der Waals surface area contributed by atoms with Gasteiger partial charge in [-0.3, -0.25) is 4.79 Å². The quantitative estimate of drug-likeness (QED) is 0.480. The Morgan fingerprint density at radius 2 is 1.95 bits per heavy atom. The van der Waals surface area contributed by atoms with Crippen molar-refractivity contribution in [2.45, 2.75) is 51.2 Å². The Morgan fingerprint density at radius 3 is 2.60 bits per heavy atom. The molecule has 0 aliphatic carbocycles. The van der Waals surface area contributed by atoms with E-state index in [1.807, 2.05) is 0 Å². The number of aliphatic hydroxyl groups is 2. The Balaban J connectivity index is 2.47.